The molecule has 25 heavy (non-hydrogen) atoms. The second-order valence-electron chi connectivity index (χ2n) is 5.89. The van der Waals surface area contributed by atoms with Crippen LogP contribution in [0.5, 0.6) is 0 Å². The first kappa shape index (κ1) is 15.3. The first-order valence-corrected chi connectivity index (χ1v) is 8.09. The molecule has 0 aliphatic heterocycles. The van der Waals surface area contributed by atoms with Crippen molar-refractivity contribution in [3.63, 3.8) is 0 Å². The van der Waals surface area contributed by atoms with Gasteiger partial charge < -0.3 is 9.88 Å². The number of nitrogens with one attached hydrogen (secondary N) is 1. The van der Waals surface area contributed by atoms with E-state index < -0.39 is 0 Å². The lowest BCUT2D eigenvalue weighted by molar-refractivity contribution is -0.116. The van der Waals surface area contributed by atoms with Crippen molar-refractivity contribution < 1.29 is 9.18 Å². The summed E-state index contributed by atoms with van der Waals surface area (Å²) in [5, 5.41) is 4.81. The molecule has 2 aromatic heterocycles. The number of benzene rings is 2. The maximum Gasteiger partial charge on any atom is 0.226 e. The molecule has 2 heterocycles. The third-order valence-corrected chi connectivity index (χ3v) is 4.24. The molecule has 1 amide bonds. The molecule has 0 aliphatic carbocycles. The molecular weight excluding hydrogens is 317 g/mol. The number of hydrogen-bond donors (Lipinski definition) is 1. The molecule has 0 saturated carbocycles. The normalized spacial score (nSPS) is 11.1. The predicted octanol–water partition coefficient (Wildman–Crippen LogP) is 4.36. The van der Waals surface area contributed by atoms with Crippen molar-refractivity contribution >= 4 is 33.4 Å². The van der Waals surface area contributed by atoms with Crippen LogP contribution in [0.2, 0.25) is 0 Å². The number of halogens is 1. The summed E-state index contributed by atoms with van der Waals surface area (Å²) in [6.45, 7) is 0.488. The van der Waals surface area contributed by atoms with Crippen molar-refractivity contribution in [2.24, 2.45) is 0 Å². The second-order valence-corrected chi connectivity index (χ2v) is 5.89. The van der Waals surface area contributed by atoms with Gasteiger partial charge >= 0.3 is 0 Å². The Morgan fingerprint density at radius 3 is 2.96 bits per heavy atom. The van der Waals surface area contributed by atoms with E-state index in [0.717, 1.165) is 27.5 Å². The summed E-state index contributed by atoms with van der Waals surface area (Å²) < 4.78 is 15.3. The molecule has 0 radical (unpaired) electrons. The van der Waals surface area contributed by atoms with Crippen molar-refractivity contribution in [2.45, 2.75) is 13.0 Å². The Balaban J connectivity index is 1.49. The number of amides is 1. The summed E-state index contributed by atoms with van der Waals surface area (Å²) in [5.41, 5.74) is 2.38. The van der Waals surface area contributed by atoms with Crippen LogP contribution in [0.25, 0.3) is 21.8 Å². The summed E-state index contributed by atoms with van der Waals surface area (Å²) in [4.78, 5) is 16.6. The number of carbonyl (C=O) groups excluding carboxylic acids is 1. The lowest BCUT2D eigenvalue weighted by Crippen LogP contribution is -2.14. The van der Waals surface area contributed by atoms with Gasteiger partial charge in [0, 0.05) is 30.7 Å². The minimum atomic E-state index is -0.278. The molecule has 124 valence electrons. The maximum atomic E-state index is 13.4. The fourth-order valence-corrected chi connectivity index (χ4v) is 3.00. The van der Waals surface area contributed by atoms with Crippen molar-refractivity contribution in [2.75, 3.05) is 5.32 Å². The van der Waals surface area contributed by atoms with Gasteiger partial charge in [-0.2, -0.15) is 0 Å². The van der Waals surface area contributed by atoms with E-state index in [2.05, 4.69) is 10.3 Å². The molecule has 0 fully saturated rings. The quantitative estimate of drug-likeness (QED) is 0.603. The van der Waals surface area contributed by atoms with E-state index in [0.29, 0.717) is 13.0 Å². The average Bonchev–Trinajstić information content (AvgIpc) is 3.02. The van der Waals surface area contributed by atoms with E-state index in [-0.39, 0.29) is 11.7 Å². The zero-order chi connectivity index (χ0) is 17.2. The molecule has 0 bridgehead atoms. The average molecular weight is 333 g/mol. The zero-order valence-corrected chi connectivity index (χ0v) is 13.4. The maximum absolute atomic E-state index is 13.4. The van der Waals surface area contributed by atoms with Crippen LogP contribution in [0, 0.1) is 5.82 Å². The van der Waals surface area contributed by atoms with E-state index in [9.17, 15) is 9.18 Å². The number of hydrogen-bond acceptors (Lipinski definition) is 2. The van der Waals surface area contributed by atoms with Crippen molar-refractivity contribution in [3.05, 3.63) is 72.8 Å². The van der Waals surface area contributed by atoms with Crippen LogP contribution in [-0.4, -0.2) is 15.5 Å². The number of rotatable bonds is 4. The number of carbonyl (C=O) groups is 1. The SMILES string of the molecule is O=C(CCn1ccc2ccc(F)cc21)Nc1cccc2ncccc12. The van der Waals surface area contributed by atoms with Gasteiger partial charge in [-0.1, -0.05) is 6.07 Å². The van der Waals surface area contributed by atoms with Crippen LogP contribution in [0.4, 0.5) is 10.1 Å². The van der Waals surface area contributed by atoms with E-state index >= 15 is 0 Å². The Morgan fingerprint density at radius 1 is 1.12 bits per heavy atom. The molecule has 1 N–H and O–H groups in total. The van der Waals surface area contributed by atoms with Gasteiger partial charge in [-0.15, -0.1) is 0 Å². The Labute approximate surface area is 143 Å². The predicted molar refractivity (Wildman–Crippen MR) is 96.9 cm³/mol. The number of nitrogens with zero attached hydrogens (tertiary/aromatic N) is 2. The lowest BCUT2D eigenvalue weighted by atomic mass is 10.2. The van der Waals surface area contributed by atoms with Crippen LogP contribution < -0.4 is 5.32 Å². The van der Waals surface area contributed by atoms with Gasteiger partial charge in [0.15, 0.2) is 0 Å². The summed E-state index contributed by atoms with van der Waals surface area (Å²) in [6, 6.07) is 16.0. The molecule has 0 spiro atoms. The summed E-state index contributed by atoms with van der Waals surface area (Å²) >= 11 is 0. The third kappa shape index (κ3) is 3.08. The summed E-state index contributed by atoms with van der Waals surface area (Å²) in [7, 11) is 0. The molecular formula is C20H16FN3O. The minimum Gasteiger partial charge on any atom is -0.347 e. The molecule has 0 atom stereocenters. The highest BCUT2D eigenvalue weighted by atomic mass is 19.1. The zero-order valence-electron chi connectivity index (χ0n) is 13.4. The number of fused-ring (bicyclic) bond motifs is 2. The fourth-order valence-electron chi connectivity index (χ4n) is 3.00. The molecule has 2 aromatic carbocycles. The van der Waals surface area contributed by atoms with Gasteiger partial charge in [0.1, 0.15) is 5.82 Å². The van der Waals surface area contributed by atoms with Crippen LogP contribution in [0.15, 0.2) is 67.0 Å². The van der Waals surface area contributed by atoms with Gasteiger partial charge in [-0.3, -0.25) is 9.78 Å². The summed E-state index contributed by atoms with van der Waals surface area (Å²) in [5.74, 6) is -0.366. The van der Waals surface area contributed by atoms with Gasteiger partial charge in [0.05, 0.1) is 16.7 Å². The number of pyridine rings is 1. The van der Waals surface area contributed by atoms with Crippen LogP contribution in [0.1, 0.15) is 6.42 Å². The van der Waals surface area contributed by atoms with Crippen molar-refractivity contribution in [1.82, 2.24) is 9.55 Å². The molecule has 4 nitrogen and oxygen atoms in total. The number of aromatic nitrogens is 2. The van der Waals surface area contributed by atoms with Crippen molar-refractivity contribution in [3.8, 4) is 0 Å². The largest absolute Gasteiger partial charge is 0.347 e. The van der Waals surface area contributed by atoms with Gasteiger partial charge in [0.25, 0.3) is 0 Å². The molecule has 4 aromatic rings. The standard InChI is InChI=1S/C20H16FN3O/c21-15-7-6-14-8-11-24(19(14)13-15)12-9-20(25)23-18-5-1-4-17-16(18)3-2-10-22-17/h1-8,10-11,13H,9,12H2,(H,23,25). The highest BCUT2D eigenvalue weighted by Crippen LogP contribution is 2.22. The van der Waals surface area contributed by atoms with E-state index in [1.807, 2.05) is 47.2 Å². The van der Waals surface area contributed by atoms with Gasteiger partial charge in [-0.05, 0) is 53.9 Å². The molecule has 0 saturated heterocycles. The van der Waals surface area contributed by atoms with Crippen LogP contribution >= 0.6 is 0 Å². The molecule has 4 rings (SSSR count). The minimum absolute atomic E-state index is 0.0883. The van der Waals surface area contributed by atoms with Gasteiger partial charge in [-0.25, -0.2) is 4.39 Å². The Morgan fingerprint density at radius 2 is 2.04 bits per heavy atom. The summed E-state index contributed by atoms with van der Waals surface area (Å²) in [6.07, 6.45) is 3.90. The monoisotopic (exact) mass is 333 g/mol. The molecule has 0 unspecified atom stereocenters. The van der Waals surface area contributed by atoms with E-state index in [4.69, 9.17) is 0 Å². The van der Waals surface area contributed by atoms with E-state index in [1.54, 1.807) is 12.3 Å². The Kier molecular flexibility index (Phi) is 3.90. The van der Waals surface area contributed by atoms with Gasteiger partial charge in [0.2, 0.25) is 5.91 Å². The van der Waals surface area contributed by atoms with Crippen LogP contribution in [0.3, 0.4) is 0 Å². The fraction of sp³-hybridized carbons (Fsp3) is 0.100. The number of anilines is 1. The smallest absolute Gasteiger partial charge is 0.226 e. The highest BCUT2D eigenvalue weighted by Gasteiger charge is 2.08. The van der Waals surface area contributed by atoms with Crippen molar-refractivity contribution in [1.29, 1.82) is 0 Å². The Hall–Kier alpha value is -3.21. The molecule has 5 heteroatoms. The number of aryl methyl sites for hydroxylation is 1. The van der Waals surface area contributed by atoms with Crippen LogP contribution in [-0.2, 0) is 11.3 Å². The van der Waals surface area contributed by atoms with E-state index in [1.165, 1.54) is 12.1 Å². The first-order valence-electron chi connectivity index (χ1n) is 8.09. The third-order valence-electron chi connectivity index (χ3n) is 4.24. The topological polar surface area (TPSA) is 46.9 Å². The second kappa shape index (κ2) is 6.36. The highest BCUT2D eigenvalue weighted by molar-refractivity contribution is 6.00. The lowest BCUT2D eigenvalue weighted by Gasteiger charge is -2.09. The Bertz CT molecular complexity index is 1070. The first-order chi connectivity index (χ1) is 12.2. The molecule has 0 aliphatic rings.